The second-order valence-corrected chi connectivity index (χ2v) is 3.75. The van der Waals surface area contributed by atoms with Crippen LogP contribution in [0.4, 0.5) is 10.5 Å². The number of hydrogen-bond donors (Lipinski definition) is 2. The lowest BCUT2D eigenvalue weighted by Crippen LogP contribution is -2.14. The van der Waals surface area contributed by atoms with Crippen molar-refractivity contribution >= 4 is 11.8 Å². The first-order chi connectivity index (χ1) is 8.67. The standard InChI is InChI=1S/C14H17NO3/c1-3-9-18-14(17)15-13-10-12(5-4-8-16)7-6-11(13)2/h6-7,10,16H,3,8-9H2,1-2H3,(H,15,17). The molecule has 0 aliphatic rings. The zero-order valence-corrected chi connectivity index (χ0v) is 10.6. The summed E-state index contributed by atoms with van der Waals surface area (Å²) in [5, 5.41) is 11.3. The van der Waals surface area contributed by atoms with Gasteiger partial charge < -0.3 is 9.84 Å². The van der Waals surface area contributed by atoms with Gasteiger partial charge >= 0.3 is 6.09 Å². The van der Waals surface area contributed by atoms with Crippen LogP contribution < -0.4 is 5.32 Å². The topological polar surface area (TPSA) is 58.6 Å². The Bertz CT molecular complexity index is 472. The highest BCUT2D eigenvalue weighted by Crippen LogP contribution is 2.16. The molecule has 96 valence electrons. The number of carbonyl (C=O) groups excluding carboxylic acids is 1. The molecule has 1 amide bonds. The Balaban J connectivity index is 2.77. The molecular weight excluding hydrogens is 230 g/mol. The van der Waals surface area contributed by atoms with Gasteiger partial charge in [0.1, 0.15) is 6.61 Å². The molecule has 0 spiro atoms. The summed E-state index contributed by atoms with van der Waals surface area (Å²) < 4.78 is 4.95. The van der Waals surface area contributed by atoms with Gasteiger partial charge in [0.2, 0.25) is 0 Å². The van der Waals surface area contributed by atoms with Gasteiger partial charge in [-0.05, 0) is 31.0 Å². The molecule has 1 aromatic rings. The van der Waals surface area contributed by atoms with Crippen molar-refractivity contribution in [3.63, 3.8) is 0 Å². The summed E-state index contributed by atoms with van der Waals surface area (Å²) >= 11 is 0. The van der Waals surface area contributed by atoms with E-state index in [9.17, 15) is 4.79 Å². The van der Waals surface area contributed by atoms with Crippen LogP contribution in [0.25, 0.3) is 0 Å². The molecule has 1 aromatic carbocycles. The van der Waals surface area contributed by atoms with Crippen molar-refractivity contribution in [2.75, 3.05) is 18.5 Å². The second-order valence-electron chi connectivity index (χ2n) is 3.75. The molecule has 1 rings (SSSR count). The number of hydrogen-bond acceptors (Lipinski definition) is 3. The van der Waals surface area contributed by atoms with Crippen molar-refractivity contribution in [3.05, 3.63) is 29.3 Å². The molecule has 0 saturated carbocycles. The normalized spacial score (nSPS) is 9.28. The van der Waals surface area contributed by atoms with Crippen molar-refractivity contribution < 1.29 is 14.6 Å². The van der Waals surface area contributed by atoms with Crippen molar-refractivity contribution in [3.8, 4) is 11.8 Å². The summed E-state index contributed by atoms with van der Waals surface area (Å²) in [5.74, 6) is 5.35. The third-order valence-corrected chi connectivity index (χ3v) is 2.22. The van der Waals surface area contributed by atoms with Gasteiger partial charge in [-0.1, -0.05) is 24.8 Å². The maximum Gasteiger partial charge on any atom is 0.411 e. The fourth-order valence-corrected chi connectivity index (χ4v) is 1.32. The maximum absolute atomic E-state index is 11.4. The minimum Gasteiger partial charge on any atom is -0.449 e. The molecule has 0 heterocycles. The van der Waals surface area contributed by atoms with E-state index in [2.05, 4.69) is 17.2 Å². The van der Waals surface area contributed by atoms with Crippen molar-refractivity contribution in [2.24, 2.45) is 0 Å². The summed E-state index contributed by atoms with van der Waals surface area (Å²) in [6, 6.07) is 5.45. The number of benzene rings is 1. The lowest BCUT2D eigenvalue weighted by Gasteiger charge is -2.09. The highest BCUT2D eigenvalue weighted by molar-refractivity contribution is 5.86. The molecule has 0 atom stereocenters. The number of carbonyl (C=O) groups is 1. The molecule has 0 aromatic heterocycles. The van der Waals surface area contributed by atoms with E-state index in [1.165, 1.54) is 0 Å². The summed E-state index contributed by atoms with van der Waals surface area (Å²) in [6.07, 6.45) is 0.321. The number of rotatable bonds is 3. The van der Waals surface area contributed by atoms with Crippen LogP contribution in [0.2, 0.25) is 0 Å². The van der Waals surface area contributed by atoms with Gasteiger partial charge in [-0.2, -0.15) is 0 Å². The van der Waals surface area contributed by atoms with E-state index in [1.807, 2.05) is 26.0 Å². The second kappa shape index (κ2) is 7.36. The summed E-state index contributed by atoms with van der Waals surface area (Å²) in [4.78, 5) is 11.4. The lowest BCUT2D eigenvalue weighted by molar-refractivity contribution is 0.161. The van der Waals surface area contributed by atoms with Crippen LogP contribution in [0.15, 0.2) is 18.2 Å². The van der Waals surface area contributed by atoms with Crippen LogP contribution in [-0.2, 0) is 4.74 Å². The molecule has 2 N–H and O–H groups in total. The van der Waals surface area contributed by atoms with Gasteiger partial charge in [-0.25, -0.2) is 4.79 Å². The van der Waals surface area contributed by atoms with Crippen LogP contribution >= 0.6 is 0 Å². The molecule has 18 heavy (non-hydrogen) atoms. The highest BCUT2D eigenvalue weighted by atomic mass is 16.5. The number of anilines is 1. The quantitative estimate of drug-likeness (QED) is 0.806. The molecule has 0 fully saturated rings. The molecule has 4 heteroatoms. The fourth-order valence-electron chi connectivity index (χ4n) is 1.32. The zero-order chi connectivity index (χ0) is 13.4. The summed E-state index contributed by atoms with van der Waals surface area (Å²) in [7, 11) is 0. The van der Waals surface area contributed by atoms with E-state index in [-0.39, 0.29) is 6.61 Å². The van der Waals surface area contributed by atoms with E-state index in [1.54, 1.807) is 6.07 Å². The zero-order valence-electron chi connectivity index (χ0n) is 10.6. The lowest BCUT2D eigenvalue weighted by atomic mass is 10.1. The monoisotopic (exact) mass is 247 g/mol. The minimum absolute atomic E-state index is 0.185. The molecule has 0 aliphatic carbocycles. The number of amides is 1. The Labute approximate surface area is 107 Å². The van der Waals surface area contributed by atoms with E-state index < -0.39 is 6.09 Å². The Hall–Kier alpha value is -1.99. The molecule has 4 nitrogen and oxygen atoms in total. The molecule has 0 bridgehead atoms. The molecular formula is C14H17NO3. The average molecular weight is 247 g/mol. The van der Waals surface area contributed by atoms with Gasteiger partial charge in [0.15, 0.2) is 0 Å². The smallest absolute Gasteiger partial charge is 0.411 e. The predicted molar refractivity (Wildman–Crippen MR) is 70.4 cm³/mol. The van der Waals surface area contributed by atoms with Crippen LogP contribution in [0.5, 0.6) is 0 Å². The van der Waals surface area contributed by atoms with Crippen LogP contribution in [-0.4, -0.2) is 24.4 Å². The summed E-state index contributed by atoms with van der Waals surface area (Å²) in [5.41, 5.74) is 2.33. The van der Waals surface area contributed by atoms with E-state index in [0.29, 0.717) is 12.3 Å². The number of aryl methyl sites for hydroxylation is 1. The Morgan fingerprint density at radius 3 is 2.94 bits per heavy atom. The van der Waals surface area contributed by atoms with Crippen molar-refractivity contribution in [1.82, 2.24) is 0 Å². The first-order valence-corrected chi connectivity index (χ1v) is 5.81. The van der Waals surface area contributed by atoms with E-state index >= 15 is 0 Å². The van der Waals surface area contributed by atoms with E-state index in [4.69, 9.17) is 9.84 Å². The van der Waals surface area contributed by atoms with Crippen LogP contribution in [0.3, 0.4) is 0 Å². The minimum atomic E-state index is -0.466. The Morgan fingerprint density at radius 2 is 2.28 bits per heavy atom. The Kier molecular flexibility index (Phi) is 5.75. The largest absolute Gasteiger partial charge is 0.449 e. The van der Waals surface area contributed by atoms with Crippen molar-refractivity contribution in [1.29, 1.82) is 0 Å². The number of aliphatic hydroxyl groups is 1. The van der Waals surface area contributed by atoms with Crippen LogP contribution in [0.1, 0.15) is 24.5 Å². The van der Waals surface area contributed by atoms with Crippen LogP contribution in [0, 0.1) is 18.8 Å². The first kappa shape index (κ1) is 14.1. The van der Waals surface area contributed by atoms with Gasteiger partial charge in [0.05, 0.1) is 6.61 Å². The average Bonchev–Trinajstić information content (AvgIpc) is 2.37. The van der Waals surface area contributed by atoms with Gasteiger partial charge in [-0.3, -0.25) is 5.32 Å². The van der Waals surface area contributed by atoms with Gasteiger partial charge in [0.25, 0.3) is 0 Å². The number of ether oxygens (including phenoxy) is 1. The fraction of sp³-hybridized carbons (Fsp3) is 0.357. The molecule has 0 unspecified atom stereocenters. The third-order valence-electron chi connectivity index (χ3n) is 2.22. The highest BCUT2D eigenvalue weighted by Gasteiger charge is 2.05. The van der Waals surface area contributed by atoms with Crippen molar-refractivity contribution in [2.45, 2.75) is 20.3 Å². The SMILES string of the molecule is CCCOC(=O)Nc1cc(C#CCO)ccc1C. The number of nitrogens with one attached hydrogen (secondary N) is 1. The van der Waals surface area contributed by atoms with Gasteiger partial charge in [0, 0.05) is 11.3 Å². The molecule has 0 saturated heterocycles. The van der Waals surface area contributed by atoms with E-state index in [0.717, 1.165) is 17.5 Å². The van der Waals surface area contributed by atoms with Gasteiger partial charge in [-0.15, -0.1) is 0 Å². The summed E-state index contributed by atoms with van der Waals surface area (Å²) in [6.45, 7) is 4.03. The molecule has 0 radical (unpaired) electrons. The predicted octanol–water partition coefficient (Wildman–Crippen LogP) is 2.30. The third kappa shape index (κ3) is 4.48. The maximum atomic E-state index is 11.4. The number of aliphatic hydroxyl groups excluding tert-OH is 1. The molecule has 0 aliphatic heterocycles. The Morgan fingerprint density at radius 1 is 1.50 bits per heavy atom. The first-order valence-electron chi connectivity index (χ1n) is 5.81.